The van der Waals surface area contributed by atoms with Gasteiger partial charge in [-0.1, -0.05) is 23.7 Å². The van der Waals surface area contributed by atoms with E-state index in [4.69, 9.17) is 11.6 Å². The van der Waals surface area contributed by atoms with Crippen molar-refractivity contribution in [1.29, 1.82) is 0 Å². The van der Waals surface area contributed by atoms with E-state index in [2.05, 4.69) is 25.8 Å². The van der Waals surface area contributed by atoms with Gasteiger partial charge in [-0.15, -0.1) is 34.2 Å². The van der Waals surface area contributed by atoms with Crippen LogP contribution in [0.15, 0.2) is 35.6 Å². The molecule has 1 fully saturated rings. The summed E-state index contributed by atoms with van der Waals surface area (Å²) in [6.07, 6.45) is 4.09. The van der Waals surface area contributed by atoms with Crippen LogP contribution in [0.3, 0.4) is 0 Å². The van der Waals surface area contributed by atoms with Gasteiger partial charge in [0.2, 0.25) is 0 Å². The van der Waals surface area contributed by atoms with E-state index in [0.29, 0.717) is 19.1 Å². The van der Waals surface area contributed by atoms with Crippen molar-refractivity contribution in [2.75, 3.05) is 0 Å². The molecule has 0 saturated heterocycles. The molecule has 1 aromatic carbocycles. The van der Waals surface area contributed by atoms with Gasteiger partial charge < -0.3 is 15.2 Å². The number of nitrogens with one attached hydrogen (secondary N) is 2. The van der Waals surface area contributed by atoms with E-state index in [0.717, 1.165) is 22.4 Å². The molecule has 2 aromatic rings. The number of aromatic nitrogens is 3. The fourth-order valence-electron chi connectivity index (χ4n) is 1.96. The highest BCUT2D eigenvalue weighted by molar-refractivity contribution is 14.0. The zero-order valence-electron chi connectivity index (χ0n) is 12.9. The van der Waals surface area contributed by atoms with Crippen LogP contribution in [0.5, 0.6) is 0 Å². The minimum Gasteiger partial charge on any atom is -0.354 e. The molecule has 0 atom stereocenters. The van der Waals surface area contributed by atoms with Crippen molar-refractivity contribution in [2.45, 2.75) is 32.0 Å². The first-order valence-electron chi connectivity index (χ1n) is 7.33. The van der Waals surface area contributed by atoms with E-state index in [1.165, 1.54) is 12.8 Å². The first-order valence-corrected chi connectivity index (χ1v) is 7.70. The van der Waals surface area contributed by atoms with Crippen LogP contribution < -0.4 is 10.6 Å². The Morgan fingerprint density at radius 1 is 1.35 bits per heavy atom. The predicted octanol–water partition coefficient (Wildman–Crippen LogP) is 2.48. The zero-order chi connectivity index (χ0) is 15.4. The molecule has 0 aliphatic heterocycles. The second kappa shape index (κ2) is 8.49. The number of hydrogen-bond donors (Lipinski definition) is 2. The van der Waals surface area contributed by atoms with Crippen LogP contribution in [-0.2, 0) is 20.1 Å². The highest BCUT2D eigenvalue weighted by atomic mass is 127. The molecule has 1 aliphatic rings. The van der Waals surface area contributed by atoms with Crippen LogP contribution in [0.1, 0.15) is 24.2 Å². The van der Waals surface area contributed by atoms with Crippen molar-refractivity contribution in [1.82, 2.24) is 25.4 Å². The summed E-state index contributed by atoms with van der Waals surface area (Å²) in [5.74, 6) is 1.68. The number of aliphatic imine (C=N–C) groups is 1. The highest BCUT2D eigenvalue weighted by Crippen LogP contribution is 2.18. The molecule has 0 radical (unpaired) electrons. The minimum atomic E-state index is 0. The van der Waals surface area contributed by atoms with Gasteiger partial charge in [0, 0.05) is 18.1 Å². The Hall–Kier alpha value is -1.35. The second-order valence-electron chi connectivity index (χ2n) is 5.42. The van der Waals surface area contributed by atoms with Crippen LogP contribution in [-0.4, -0.2) is 26.8 Å². The third kappa shape index (κ3) is 5.65. The lowest BCUT2D eigenvalue weighted by Gasteiger charge is -2.11. The molecule has 0 unspecified atom stereocenters. The standard InChI is InChI=1S/C15H19ClN6.HI/c1-22-10-19-21-14(22)9-18-15(20-13-6-7-13)17-8-11-2-4-12(16)5-3-11;/h2-5,10,13H,6-9H2,1H3,(H2,17,18,20);1H. The predicted molar refractivity (Wildman–Crippen MR) is 102 cm³/mol. The number of rotatable bonds is 5. The summed E-state index contributed by atoms with van der Waals surface area (Å²) in [5.41, 5.74) is 1.12. The number of benzene rings is 1. The first-order chi connectivity index (χ1) is 10.7. The number of guanidine groups is 1. The van der Waals surface area contributed by atoms with Crippen molar-refractivity contribution >= 4 is 41.5 Å². The van der Waals surface area contributed by atoms with Crippen LogP contribution in [0.4, 0.5) is 0 Å². The van der Waals surface area contributed by atoms with Gasteiger partial charge in [-0.2, -0.15) is 0 Å². The molecule has 124 valence electrons. The van der Waals surface area contributed by atoms with Gasteiger partial charge in [-0.3, -0.25) is 0 Å². The van der Waals surface area contributed by atoms with Gasteiger partial charge in [0.15, 0.2) is 11.8 Å². The summed E-state index contributed by atoms with van der Waals surface area (Å²) in [5, 5.41) is 15.4. The number of hydrogen-bond acceptors (Lipinski definition) is 3. The number of aryl methyl sites for hydroxylation is 1. The summed E-state index contributed by atoms with van der Waals surface area (Å²) in [6.45, 7) is 1.20. The first kappa shape index (κ1) is 18.0. The topological polar surface area (TPSA) is 67.1 Å². The molecule has 2 N–H and O–H groups in total. The van der Waals surface area contributed by atoms with Crippen LogP contribution in [0.25, 0.3) is 0 Å². The molecule has 1 heterocycles. The molecule has 1 aromatic heterocycles. The van der Waals surface area contributed by atoms with E-state index >= 15 is 0 Å². The summed E-state index contributed by atoms with van der Waals surface area (Å²) < 4.78 is 1.89. The van der Waals surface area contributed by atoms with Crippen molar-refractivity contribution < 1.29 is 0 Å². The molecule has 1 aliphatic carbocycles. The molecule has 1 saturated carbocycles. The summed E-state index contributed by atoms with van der Waals surface area (Å²) >= 11 is 5.90. The Morgan fingerprint density at radius 2 is 2.09 bits per heavy atom. The summed E-state index contributed by atoms with van der Waals surface area (Å²) in [6, 6.07) is 8.28. The molecule has 3 rings (SSSR count). The van der Waals surface area contributed by atoms with Crippen molar-refractivity contribution in [3.05, 3.63) is 47.0 Å². The van der Waals surface area contributed by atoms with Gasteiger partial charge in [0.25, 0.3) is 0 Å². The smallest absolute Gasteiger partial charge is 0.192 e. The Kier molecular flexibility index (Phi) is 6.64. The minimum absolute atomic E-state index is 0. The molecular weight excluding hydrogens is 427 g/mol. The molecule has 0 amide bonds. The molecule has 6 nitrogen and oxygen atoms in total. The van der Waals surface area contributed by atoms with Gasteiger partial charge in [0.05, 0.1) is 13.1 Å². The maximum absolute atomic E-state index is 5.90. The highest BCUT2D eigenvalue weighted by Gasteiger charge is 2.22. The average molecular weight is 447 g/mol. The van der Waals surface area contributed by atoms with Gasteiger partial charge >= 0.3 is 0 Å². The Bertz CT molecular complexity index is 650. The van der Waals surface area contributed by atoms with Crippen LogP contribution in [0.2, 0.25) is 5.02 Å². The fraction of sp³-hybridized carbons (Fsp3) is 0.400. The second-order valence-corrected chi connectivity index (χ2v) is 5.86. The lowest BCUT2D eigenvalue weighted by Crippen LogP contribution is -2.38. The maximum Gasteiger partial charge on any atom is 0.192 e. The Balaban J connectivity index is 0.00000192. The molecular formula is C15H20ClIN6. The summed E-state index contributed by atoms with van der Waals surface area (Å²) in [4.78, 5) is 4.63. The van der Waals surface area contributed by atoms with E-state index < -0.39 is 0 Å². The summed E-state index contributed by atoms with van der Waals surface area (Å²) in [7, 11) is 1.93. The maximum atomic E-state index is 5.90. The van der Waals surface area contributed by atoms with Gasteiger partial charge in [-0.05, 0) is 30.5 Å². The van der Waals surface area contributed by atoms with Crippen molar-refractivity contribution in [2.24, 2.45) is 12.0 Å². The van der Waals surface area contributed by atoms with Crippen LogP contribution in [0, 0.1) is 0 Å². The number of halogens is 2. The van der Waals surface area contributed by atoms with Crippen molar-refractivity contribution in [3.8, 4) is 0 Å². The van der Waals surface area contributed by atoms with E-state index in [-0.39, 0.29) is 24.0 Å². The molecule has 23 heavy (non-hydrogen) atoms. The lowest BCUT2D eigenvalue weighted by atomic mass is 10.2. The van der Waals surface area contributed by atoms with Crippen molar-refractivity contribution in [3.63, 3.8) is 0 Å². The largest absolute Gasteiger partial charge is 0.354 e. The molecule has 0 spiro atoms. The third-order valence-electron chi connectivity index (χ3n) is 3.47. The average Bonchev–Trinajstić information content (AvgIpc) is 3.24. The lowest BCUT2D eigenvalue weighted by molar-refractivity contribution is 0.720. The van der Waals surface area contributed by atoms with E-state index in [9.17, 15) is 0 Å². The quantitative estimate of drug-likeness (QED) is 0.421. The Morgan fingerprint density at radius 3 is 2.70 bits per heavy atom. The SMILES string of the molecule is Cn1cnnc1CNC(=NCc1ccc(Cl)cc1)NC1CC1.I. The molecule has 0 bridgehead atoms. The Labute approximate surface area is 157 Å². The normalized spacial score (nSPS) is 14.3. The van der Waals surface area contributed by atoms with Gasteiger partial charge in [0.1, 0.15) is 6.33 Å². The number of nitrogens with zero attached hydrogens (tertiary/aromatic N) is 4. The monoisotopic (exact) mass is 446 g/mol. The van der Waals surface area contributed by atoms with E-state index in [1.54, 1.807) is 6.33 Å². The third-order valence-corrected chi connectivity index (χ3v) is 3.72. The molecule has 8 heteroatoms. The van der Waals surface area contributed by atoms with Gasteiger partial charge in [-0.25, -0.2) is 4.99 Å². The van der Waals surface area contributed by atoms with Crippen LogP contribution >= 0.6 is 35.6 Å². The van der Waals surface area contributed by atoms with E-state index in [1.807, 2.05) is 35.9 Å². The fourth-order valence-corrected chi connectivity index (χ4v) is 2.09. The zero-order valence-corrected chi connectivity index (χ0v) is 16.0.